The Hall–Kier alpha value is -2.13. The van der Waals surface area contributed by atoms with Gasteiger partial charge < -0.3 is 4.74 Å². The van der Waals surface area contributed by atoms with Crippen LogP contribution in [0, 0.1) is 0 Å². The van der Waals surface area contributed by atoms with Crippen LogP contribution in [0.15, 0.2) is 54.6 Å². The van der Waals surface area contributed by atoms with Crippen molar-refractivity contribution in [2.45, 2.75) is 6.42 Å². The third kappa shape index (κ3) is 5.01. The van der Waals surface area contributed by atoms with Gasteiger partial charge in [0.1, 0.15) is 5.75 Å². The lowest BCUT2D eigenvalue weighted by atomic mass is 10.1. The first kappa shape index (κ1) is 16.2. The van der Waals surface area contributed by atoms with Gasteiger partial charge in [0.05, 0.1) is 13.3 Å². The van der Waals surface area contributed by atoms with E-state index in [1.54, 1.807) is 42.5 Å². The van der Waals surface area contributed by atoms with Gasteiger partial charge in [-0.15, -0.1) is 0 Å². The highest BCUT2D eigenvalue weighted by Crippen LogP contribution is 2.15. The van der Waals surface area contributed by atoms with Gasteiger partial charge in [-0.2, -0.15) is 0 Å². The molecule has 0 saturated carbocycles. The second kappa shape index (κ2) is 8.35. The Labute approximate surface area is 134 Å². The number of carbonyl (C=O) groups excluding carboxylic acids is 1. The number of hydrogen-bond acceptors (Lipinski definition) is 2. The average Bonchev–Trinajstić information content (AvgIpc) is 2.55. The van der Waals surface area contributed by atoms with Crippen LogP contribution < -0.4 is 4.74 Å². The third-order valence-corrected chi connectivity index (χ3v) is 3.23. The van der Waals surface area contributed by atoms with Crippen molar-refractivity contribution in [1.82, 2.24) is 0 Å². The van der Waals surface area contributed by atoms with Crippen LogP contribution in [-0.4, -0.2) is 19.1 Å². The zero-order chi connectivity index (χ0) is 15.8. The van der Waals surface area contributed by atoms with Crippen LogP contribution in [-0.2, 0) is 0 Å². The minimum atomic E-state index is -0.381. The van der Waals surface area contributed by atoms with E-state index in [1.165, 1.54) is 6.08 Å². The van der Waals surface area contributed by atoms with Gasteiger partial charge in [-0.25, -0.2) is 0 Å². The molecule has 114 valence electrons. The fourth-order valence-electron chi connectivity index (χ4n) is 1.80. The number of halogens is 2. The minimum absolute atomic E-state index is 0.0834. The smallest absolute Gasteiger partial charge is 0.185 e. The molecule has 0 atom stereocenters. The van der Waals surface area contributed by atoms with Crippen molar-refractivity contribution in [3.8, 4) is 5.75 Å². The second-order valence-electron chi connectivity index (χ2n) is 4.66. The first-order chi connectivity index (χ1) is 10.7. The maximum atomic E-state index is 12.0. The lowest BCUT2D eigenvalue weighted by Crippen LogP contribution is -1.97. The van der Waals surface area contributed by atoms with E-state index in [0.717, 1.165) is 5.56 Å². The summed E-state index contributed by atoms with van der Waals surface area (Å²) in [6, 6.07) is 14.0. The first-order valence-electron chi connectivity index (χ1n) is 6.96. The highest BCUT2D eigenvalue weighted by atomic mass is 35.5. The van der Waals surface area contributed by atoms with Crippen LogP contribution in [0.2, 0.25) is 5.02 Å². The number of rotatable bonds is 7. The molecule has 0 amide bonds. The number of allylic oxidation sites excluding steroid dienone is 1. The molecule has 2 nitrogen and oxygen atoms in total. The molecule has 0 saturated heterocycles. The molecule has 4 heteroatoms. The van der Waals surface area contributed by atoms with Gasteiger partial charge >= 0.3 is 0 Å². The van der Waals surface area contributed by atoms with E-state index in [1.807, 2.05) is 12.1 Å². The molecule has 0 heterocycles. The third-order valence-electron chi connectivity index (χ3n) is 2.98. The van der Waals surface area contributed by atoms with E-state index in [2.05, 4.69) is 0 Å². The Balaban J connectivity index is 1.95. The van der Waals surface area contributed by atoms with Crippen molar-refractivity contribution < 1.29 is 13.9 Å². The SMILES string of the molecule is O=C(/C=C/c1ccc(OCCCF)cc1)c1ccc(Cl)cc1. The van der Waals surface area contributed by atoms with Gasteiger partial charge in [0, 0.05) is 17.0 Å². The lowest BCUT2D eigenvalue weighted by molar-refractivity contribution is 0.104. The molecule has 0 spiro atoms. The Morgan fingerprint density at radius 3 is 2.41 bits per heavy atom. The quantitative estimate of drug-likeness (QED) is 0.409. The molecule has 0 radical (unpaired) electrons. The Bertz CT molecular complexity index is 633. The molecule has 2 aromatic carbocycles. The molecule has 0 aliphatic carbocycles. The topological polar surface area (TPSA) is 26.3 Å². The maximum absolute atomic E-state index is 12.0. The van der Waals surface area contributed by atoms with E-state index >= 15 is 0 Å². The van der Waals surface area contributed by atoms with Crippen molar-refractivity contribution in [1.29, 1.82) is 0 Å². The predicted molar refractivity (Wildman–Crippen MR) is 87.3 cm³/mol. The molecule has 0 N–H and O–H groups in total. The number of alkyl halides is 1. The van der Waals surface area contributed by atoms with Crippen molar-refractivity contribution in [2.75, 3.05) is 13.3 Å². The predicted octanol–water partition coefficient (Wildman–Crippen LogP) is 4.97. The number of hydrogen-bond donors (Lipinski definition) is 0. The van der Waals surface area contributed by atoms with Crippen LogP contribution in [0.1, 0.15) is 22.3 Å². The van der Waals surface area contributed by atoms with Crippen LogP contribution in [0.4, 0.5) is 4.39 Å². The molecule has 2 rings (SSSR count). The van der Waals surface area contributed by atoms with Crippen LogP contribution >= 0.6 is 11.6 Å². The summed E-state index contributed by atoms with van der Waals surface area (Å²) in [5.74, 6) is 0.606. The van der Waals surface area contributed by atoms with Crippen molar-refractivity contribution >= 4 is 23.5 Å². The standard InChI is InChI=1S/C18H16ClFO2/c19-16-7-5-15(6-8-16)18(21)11-4-14-2-9-17(10-3-14)22-13-1-12-20/h2-11H,1,12-13H2/b11-4+. The fourth-order valence-corrected chi connectivity index (χ4v) is 1.93. The highest BCUT2D eigenvalue weighted by molar-refractivity contribution is 6.30. The molecule has 0 fully saturated rings. The molecule has 0 aliphatic heterocycles. The lowest BCUT2D eigenvalue weighted by Gasteiger charge is -2.04. The van der Waals surface area contributed by atoms with Crippen LogP contribution in [0.3, 0.4) is 0 Å². The van der Waals surface area contributed by atoms with E-state index in [9.17, 15) is 9.18 Å². The van der Waals surface area contributed by atoms with Gasteiger partial charge in [-0.05, 0) is 48.0 Å². The van der Waals surface area contributed by atoms with Crippen LogP contribution in [0.25, 0.3) is 6.08 Å². The number of ketones is 1. The summed E-state index contributed by atoms with van der Waals surface area (Å²) in [5.41, 5.74) is 1.48. The normalized spacial score (nSPS) is 10.8. The van der Waals surface area contributed by atoms with Gasteiger partial charge in [0.25, 0.3) is 0 Å². The van der Waals surface area contributed by atoms with Gasteiger partial charge in [-0.1, -0.05) is 29.8 Å². The first-order valence-corrected chi connectivity index (χ1v) is 7.33. The summed E-state index contributed by atoms with van der Waals surface area (Å²) in [4.78, 5) is 12.0. The summed E-state index contributed by atoms with van der Waals surface area (Å²) in [6.45, 7) is -0.0195. The molecular weight excluding hydrogens is 303 g/mol. The zero-order valence-electron chi connectivity index (χ0n) is 12.0. The number of ether oxygens (including phenoxy) is 1. The van der Waals surface area contributed by atoms with Crippen molar-refractivity contribution in [3.63, 3.8) is 0 Å². The van der Waals surface area contributed by atoms with E-state index < -0.39 is 0 Å². The largest absolute Gasteiger partial charge is 0.493 e. The summed E-state index contributed by atoms with van der Waals surface area (Å²) >= 11 is 5.79. The van der Waals surface area contributed by atoms with Crippen molar-refractivity contribution in [3.05, 3.63) is 70.8 Å². The minimum Gasteiger partial charge on any atom is -0.493 e. The van der Waals surface area contributed by atoms with Gasteiger partial charge in [0.2, 0.25) is 0 Å². The Kier molecular flexibility index (Phi) is 6.16. The average molecular weight is 319 g/mol. The molecule has 2 aromatic rings. The second-order valence-corrected chi connectivity index (χ2v) is 5.10. The Morgan fingerprint density at radius 2 is 1.77 bits per heavy atom. The zero-order valence-corrected chi connectivity index (χ0v) is 12.7. The molecule has 22 heavy (non-hydrogen) atoms. The van der Waals surface area contributed by atoms with Gasteiger partial charge in [0.15, 0.2) is 5.78 Å². The summed E-state index contributed by atoms with van der Waals surface area (Å²) in [7, 11) is 0. The van der Waals surface area contributed by atoms with E-state index in [0.29, 0.717) is 29.4 Å². The molecule has 0 bridgehead atoms. The molecule has 0 unspecified atom stereocenters. The summed E-state index contributed by atoms with van der Waals surface area (Å²) in [6.07, 6.45) is 3.64. The van der Waals surface area contributed by atoms with Crippen molar-refractivity contribution in [2.24, 2.45) is 0 Å². The highest BCUT2D eigenvalue weighted by Gasteiger charge is 2.01. The Morgan fingerprint density at radius 1 is 1.09 bits per heavy atom. The number of carbonyl (C=O) groups is 1. The molecular formula is C18H16ClFO2. The fraction of sp³-hybridized carbons (Fsp3) is 0.167. The summed E-state index contributed by atoms with van der Waals surface area (Å²) < 4.78 is 17.3. The van der Waals surface area contributed by atoms with Crippen LogP contribution in [0.5, 0.6) is 5.75 Å². The molecule has 0 aromatic heterocycles. The monoisotopic (exact) mass is 318 g/mol. The summed E-state index contributed by atoms with van der Waals surface area (Å²) in [5, 5.41) is 0.601. The maximum Gasteiger partial charge on any atom is 0.185 e. The van der Waals surface area contributed by atoms with E-state index in [4.69, 9.17) is 16.3 Å². The van der Waals surface area contributed by atoms with Gasteiger partial charge in [-0.3, -0.25) is 9.18 Å². The van der Waals surface area contributed by atoms with E-state index in [-0.39, 0.29) is 12.5 Å². The molecule has 0 aliphatic rings. The number of benzene rings is 2.